The molecular weight excluding hydrogens is 232 g/mol. The third kappa shape index (κ3) is 12.7. The zero-order valence-corrected chi connectivity index (χ0v) is 14.4. The van der Waals surface area contributed by atoms with Crippen molar-refractivity contribution in [2.24, 2.45) is 5.92 Å². The van der Waals surface area contributed by atoms with Crippen LogP contribution in [0.5, 0.6) is 0 Å². The highest BCUT2D eigenvalue weighted by atomic mass is 15.1. The molecular formula is C17H38N2. The molecule has 0 saturated heterocycles. The van der Waals surface area contributed by atoms with Gasteiger partial charge in [0, 0.05) is 12.6 Å². The molecule has 0 aromatic carbocycles. The summed E-state index contributed by atoms with van der Waals surface area (Å²) in [6.45, 7) is 12.9. The average molecular weight is 271 g/mol. The van der Waals surface area contributed by atoms with Crippen molar-refractivity contribution in [1.29, 1.82) is 0 Å². The Morgan fingerprint density at radius 3 is 1.63 bits per heavy atom. The molecule has 0 aliphatic rings. The normalized spacial score (nSPS) is 12.3. The van der Waals surface area contributed by atoms with Gasteiger partial charge in [0.1, 0.15) is 0 Å². The summed E-state index contributed by atoms with van der Waals surface area (Å²) in [5.41, 5.74) is 0. The Labute approximate surface area is 122 Å². The molecule has 0 unspecified atom stereocenters. The molecule has 116 valence electrons. The van der Waals surface area contributed by atoms with Crippen molar-refractivity contribution < 1.29 is 0 Å². The average Bonchev–Trinajstić information content (AvgIpc) is 2.31. The van der Waals surface area contributed by atoms with Crippen LogP contribution in [0.4, 0.5) is 0 Å². The fraction of sp³-hybridized carbons (Fsp3) is 1.00. The number of hydrogen-bond donors (Lipinski definition) is 0. The predicted molar refractivity (Wildman–Crippen MR) is 87.8 cm³/mol. The number of nitrogens with zero attached hydrogens (tertiary/aromatic N) is 2. The summed E-state index contributed by atoms with van der Waals surface area (Å²) in [6.07, 6.45) is 8.37. The molecule has 0 amide bonds. The van der Waals surface area contributed by atoms with E-state index in [1.807, 2.05) is 0 Å². The van der Waals surface area contributed by atoms with Gasteiger partial charge in [-0.15, -0.1) is 0 Å². The lowest BCUT2D eigenvalue weighted by molar-refractivity contribution is 0.266. The molecule has 0 aromatic heterocycles. The predicted octanol–water partition coefficient (Wildman–Crippen LogP) is 4.26. The van der Waals surface area contributed by atoms with Gasteiger partial charge < -0.3 is 9.80 Å². The maximum absolute atomic E-state index is 2.47. The molecule has 0 N–H and O–H groups in total. The minimum Gasteiger partial charge on any atom is -0.306 e. The first-order chi connectivity index (χ1) is 8.93. The second-order valence-corrected chi connectivity index (χ2v) is 6.85. The monoisotopic (exact) mass is 270 g/mol. The van der Waals surface area contributed by atoms with Gasteiger partial charge in [0.15, 0.2) is 0 Å². The summed E-state index contributed by atoms with van der Waals surface area (Å²) in [7, 11) is 4.48. The van der Waals surface area contributed by atoms with Gasteiger partial charge in [0.2, 0.25) is 0 Å². The molecule has 0 bridgehead atoms. The van der Waals surface area contributed by atoms with E-state index in [4.69, 9.17) is 0 Å². The van der Waals surface area contributed by atoms with Crippen LogP contribution >= 0.6 is 0 Å². The molecule has 2 heteroatoms. The van der Waals surface area contributed by atoms with Crippen LogP contribution in [-0.4, -0.2) is 49.6 Å². The minimum absolute atomic E-state index is 0.691. The van der Waals surface area contributed by atoms with Crippen molar-refractivity contribution in [2.45, 2.75) is 72.3 Å². The van der Waals surface area contributed by atoms with E-state index in [2.05, 4.69) is 51.6 Å². The molecule has 0 heterocycles. The van der Waals surface area contributed by atoms with Crippen LogP contribution in [0.1, 0.15) is 66.2 Å². The molecule has 0 radical (unpaired) electrons. The minimum atomic E-state index is 0.691. The molecule has 0 fully saturated rings. The third-order valence-corrected chi connectivity index (χ3v) is 3.86. The van der Waals surface area contributed by atoms with E-state index in [-0.39, 0.29) is 0 Å². The Morgan fingerprint density at radius 1 is 0.684 bits per heavy atom. The van der Waals surface area contributed by atoms with Gasteiger partial charge in [0.05, 0.1) is 0 Å². The first-order valence-electron chi connectivity index (χ1n) is 8.32. The van der Waals surface area contributed by atoms with Gasteiger partial charge >= 0.3 is 0 Å². The fourth-order valence-corrected chi connectivity index (χ4v) is 2.42. The molecule has 0 spiro atoms. The van der Waals surface area contributed by atoms with Gasteiger partial charge in [-0.3, -0.25) is 0 Å². The van der Waals surface area contributed by atoms with Crippen LogP contribution in [0.2, 0.25) is 0 Å². The molecule has 0 aliphatic heterocycles. The highest BCUT2D eigenvalue weighted by Crippen LogP contribution is 2.08. The van der Waals surface area contributed by atoms with Crippen molar-refractivity contribution in [1.82, 2.24) is 9.80 Å². The SMILES string of the molecule is CC(C)CN(C)CCCCCCCCN(C)C(C)C. The molecule has 0 rings (SSSR count). The van der Waals surface area contributed by atoms with E-state index in [0.29, 0.717) is 6.04 Å². The van der Waals surface area contributed by atoms with E-state index < -0.39 is 0 Å². The van der Waals surface area contributed by atoms with Gasteiger partial charge in [-0.2, -0.15) is 0 Å². The molecule has 0 aliphatic carbocycles. The van der Waals surface area contributed by atoms with E-state index in [0.717, 1.165) is 5.92 Å². The lowest BCUT2D eigenvalue weighted by Crippen LogP contribution is -2.27. The van der Waals surface area contributed by atoms with Crippen LogP contribution in [-0.2, 0) is 0 Å². The third-order valence-electron chi connectivity index (χ3n) is 3.86. The summed E-state index contributed by atoms with van der Waals surface area (Å²) in [5, 5.41) is 0. The summed E-state index contributed by atoms with van der Waals surface area (Å²) in [6, 6.07) is 0.691. The highest BCUT2D eigenvalue weighted by molar-refractivity contribution is 4.58. The quantitative estimate of drug-likeness (QED) is 0.489. The Bertz CT molecular complexity index is 190. The van der Waals surface area contributed by atoms with Crippen LogP contribution in [0.15, 0.2) is 0 Å². The number of hydrogen-bond acceptors (Lipinski definition) is 2. The zero-order chi connectivity index (χ0) is 14.7. The number of rotatable bonds is 12. The Kier molecular flexibility index (Phi) is 11.7. The smallest absolute Gasteiger partial charge is 0.00355 e. The first-order valence-corrected chi connectivity index (χ1v) is 8.32. The van der Waals surface area contributed by atoms with Crippen LogP contribution in [0, 0.1) is 5.92 Å². The largest absolute Gasteiger partial charge is 0.306 e. The van der Waals surface area contributed by atoms with E-state index in [9.17, 15) is 0 Å². The van der Waals surface area contributed by atoms with Crippen molar-refractivity contribution in [3.63, 3.8) is 0 Å². The van der Waals surface area contributed by atoms with Crippen LogP contribution in [0.3, 0.4) is 0 Å². The van der Waals surface area contributed by atoms with Crippen molar-refractivity contribution in [2.75, 3.05) is 33.7 Å². The van der Waals surface area contributed by atoms with Crippen molar-refractivity contribution in [3.05, 3.63) is 0 Å². The standard InChI is InChI=1S/C17H38N2/c1-16(2)15-18(5)13-11-9-7-8-10-12-14-19(6)17(3)4/h16-17H,7-15H2,1-6H3. The summed E-state index contributed by atoms with van der Waals surface area (Å²) in [4.78, 5) is 4.92. The highest BCUT2D eigenvalue weighted by Gasteiger charge is 2.02. The topological polar surface area (TPSA) is 6.48 Å². The Balaban J connectivity index is 3.23. The Hall–Kier alpha value is -0.0800. The van der Waals surface area contributed by atoms with Gasteiger partial charge in [-0.05, 0) is 59.8 Å². The van der Waals surface area contributed by atoms with Crippen LogP contribution in [0.25, 0.3) is 0 Å². The first kappa shape index (κ1) is 18.9. The molecule has 19 heavy (non-hydrogen) atoms. The maximum atomic E-state index is 2.47. The Morgan fingerprint density at radius 2 is 1.16 bits per heavy atom. The second-order valence-electron chi connectivity index (χ2n) is 6.85. The van der Waals surface area contributed by atoms with Crippen molar-refractivity contribution in [3.8, 4) is 0 Å². The van der Waals surface area contributed by atoms with Gasteiger partial charge in [0.25, 0.3) is 0 Å². The van der Waals surface area contributed by atoms with Crippen LogP contribution < -0.4 is 0 Å². The molecule has 2 nitrogen and oxygen atoms in total. The summed E-state index contributed by atoms with van der Waals surface area (Å²) < 4.78 is 0. The zero-order valence-electron chi connectivity index (χ0n) is 14.4. The van der Waals surface area contributed by atoms with E-state index in [1.165, 1.54) is 58.2 Å². The van der Waals surface area contributed by atoms with E-state index in [1.54, 1.807) is 0 Å². The maximum Gasteiger partial charge on any atom is 0.00355 e. The van der Waals surface area contributed by atoms with Crippen molar-refractivity contribution >= 4 is 0 Å². The van der Waals surface area contributed by atoms with Gasteiger partial charge in [-0.25, -0.2) is 0 Å². The second kappa shape index (κ2) is 11.7. The molecule has 0 atom stereocenters. The summed E-state index contributed by atoms with van der Waals surface area (Å²) in [5.74, 6) is 0.794. The van der Waals surface area contributed by atoms with Gasteiger partial charge in [-0.1, -0.05) is 39.5 Å². The lowest BCUT2D eigenvalue weighted by atomic mass is 10.1. The number of unbranched alkanes of at least 4 members (excludes halogenated alkanes) is 5. The lowest BCUT2D eigenvalue weighted by Gasteiger charge is -2.20. The fourth-order valence-electron chi connectivity index (χ4n) is 2.42. The summed E-state index contributed by atoms with van der Waals surface area (Å²) >= 11 is 0. The molecule has 0 aromatic rings. The van der Waals surface area contributed by atoms with E-state index >= 15 is 0 Å². The molecule has 0 saturated carbocycles.